The topological polar surface area (TPSA) is 81.6 Å². The van der Waals surface area contributed by atoms with Crippen LogP contribution >= 0.6 is 0 Å². The van der Waals surface area contributed by atoms with Gasteiger partial charge < -0.3 is 10.4 Å². The average molecular weight is 370 g/mol. The molecule has 0 aromatic heterocycles. The number of carbonyl (C=O) groups is 1. The summed E-state index contributed by atoms with van der Waals surface area (Å²) in [6, 6.07) is 8.05. The molecule has 2 unspecified atom stereocenters. The Bertz CT molecular complexity index is 684. The first-order valence-electron chi connectivity index (χ1n) is 10.2. The Hall–Kier alpha value is -1.69. The van der Waals surface area contributed by atoms with Gasteiger partial charge in [-0.3, -0.25) is 10.0 Å². The Labute approximate surface area is 160 Å². The van der Waals surface area contributed by atoms with Crippen molar-refractivity contribution in [2.24, 2.45) is 23.7 Å². The minimum atomic E-state index is -0.530. The molecule has 4 bridgehead atoms. The van der Waals surface area contributed by atoms with Crippen LogP contribution in [0.1, 0.15) is 49.7 Å². The fourth-order valence-electron chi connectivity index (χ4n) is 6.02. The average Bonchev–Trinajstić information content (AvgIpc) is 2.64. The van der Waals surface area contributed by atoms with Gasteiger partial charge in [0.1, 0.15) is 0 Å². The lowest BCUT2D eigenvalue weighted by atomic mass is 9.49. The zero-order chi connectivity index (χ0) is 18.9. The Morgan fingerprint density at radius 2 is 1.85 bits per heavy atom. The first-order chi connectivity index (χ1) is 13.0. The van der Waals surface area contributed by atoms with Crippen LogP contribution in [-0.4, -0.2) is 28.4 Å². The molecule has 1 amide bonds. The van der Waals surface area contributed by atoms with Gasteiger partial charge in [0.2, 0.25) is 0 Å². The molecule has 0 heterocycles. The molecule has 4 N–H and O–H groups in total. The van der Waals surface area contributed by atoms with E-state index in [9.17, 15) is 9.90 Å². The standard InChI is InChI=1S/C22H30N2O3/c25-21(24-27)6-5-15-1-3-16(4-2-15)14-23-8-7-20-18-9-17-10-19(20)13-22(26,11-17)12-18/h1-6,17-20,23,26-27H,7-14H2,(H,24,25)/b6-5+. The number of amides is 1. The first kappa shape index (κ1) is 18.7. The van der Waals surface area contributed by atoms with E-state index < -0.39 is 5.91 Å². The highest BCUT2D eigenvalue weighted by atomic mass is 16.5. The van der Waals surface area contributed by atoms with Gasteiger partial charge in [-0.05, 0) is 85.9 Å². The van der Waals surface area contributed by atoms with E-state index in [4.69, 9.17) is 5.21 Å². The molecule has 1 aromatic carbocycles. The summed E-state index contributed by atoms with van der Waals surface area (Å²) >= 11 is 0. The number of carbonyl (C=O) groups excluding carboxylic acids is 1. The maximum Gasteiger partial charge on any atom is 0.267 e. The van der Waals surface area contributed by atoms with Crippen LogP contribution in [0.15, 0.2) is 30.3 Å². The number of benzene rings is 1. The molecule has 5 nitrogen and oxygen atoms in total. The number of hydrogen-bond donors (Lipinski definition) is 4. The molecule has 0 aliphatic heterocycles. The van der Waals surface area contributed by atoms with Gasteiger partial charge in [0.05, 0.1) is 5.60 Å². The molecule has 5 heteroatoms. The van der Waals surface area contributed by atoms with Gasteiger partial charge in [0.25, 0.3) is 5.91 Å². The van der Waals surface area contributed by atoms with E-state index in [1.807, 2.05) is 12.1 Å². The highest BCUT2D eigenvalue weighted by Gasteiger charge is 2.54. The summed E-state index contributed by atoms with van der Waals surface area (Å²) in [5, 5.41) is 22.7. The van der Waals surface area contributed by atoms with Gasteiger partial charge in [-0.15, -0.1) is 0 Å². The molecule has 2 atom stereocenters. The van der Waals surface area contributed by atoms with Crippen molar-refractivity contribution in [3.8, 4) is 0 Å². The largest absolute Gasteiger partial charge is 0.390 e. The van der Waals surface area contributed by atoms with Gasteiger partial charge in [-0.1, -0.05) is 24.3 Å². The summed E-state index contributed by atoms with van der Waals surface area (Å²) in [6.45, 7) is 1.87. The van der Waals surface area contributed by atoms with E-state index >= 15 is 0 Å². The lowest BCUT2D eigenvalue weighted by molar-refractivity contribution is -0.152. The second kappa shape index (κ2) is 7.74. The van der Waals surface area contributed by atoms with Crippen LogP contribution in [0.4, 0.5) is 0 Å². The fraction of sp³-hybridized carbons (Fsp3) is 0.591. The SMILES string of the molecule is O=C(/C=C/c1ccc(CNCCC2C3CC4CC2CC(O)(C4)C3)cc1)NO. The summed E-state index contributed by atoms with van der Waals surface area (Å²) in [4.78, 5) is 11.0. The fourth-order valence-corrected chi connectivity index (χ4v) is 6.02. The third kappa shape index (κ3) is 4.26. The maximum atomic E-state index is 11.0. The molecule has 0 radical (unpaired) electrons. The van der Waals surface area contributed by atoms with Crippen LogP contribution in [-0.2, 0) is 11.3 Å². The zero-order valence-corrected chi connectivity index (χ0v) is 15.7. The molecule has 4 aliphatic carbocycles. The molecule has 146 valence electrons. The van der Waals surface area contributed by atoms with Crippen LogP contribution in [0.2, 0.25) is 0 Å². The molecule has 27 heavy (non-hydrogen) atoms. The summed E-state index contributed by atoms with van der Waals surface area (Å²) < 4.78 is 0. The van der Waals surface area contributed by atoms with Crippen molar-refractivity contribution in [2.45, 2.75) is 50.7 Å². The van der Waals surface area contributed by atoms with Crippen LogP contribution in [0.5, 0.6) is 0 Å². The Morgan fingerprint density at radius 3 is 2.48 bits per heavy atom. The van der Waals surface area contributed by atoms with Crippen molar-refractivity contribution in [1.82, 2.24) is 10.8 Å². The second-order valence-corrected chi connectivity index (χ2v) is 8.87. The molecule has 4 fully saturated rings. The number of hydroxylamine groups is 1. The Morgan fingerprint density at radius 1 is 1.15 bits per heavy atom. The quantitative estimate of drug-likeness (QED) is 0.257. The summed E-state index contributed by atoms with van der Waals surface area (Å²) in [5.41, 5.74) is 3.40. The van der Waals surface area contributed by atoms with Gasteiger partial charge in [0, 0.05) is 12.6 Å². The van der Waals surface area contributed by atoms with E-state index in [2.05, 4.69) is 17.4 Å². The van der Waals surface area contributed by atoms with Gasteiger partial charge in [-0.2, -0.15) is 0 Å². The molecule has 4 saturated carbocycles. The zero-order valence-electron chi connectivity index (χ0n) is 15.7. The Balaban J connectivity index is 1.22. The van der Waals surface area contributed by atoms with Crippen molar-refractivity contribution >= 4 is 12.0 Å². The highest BCUT2D eigenvalue weighted by molar-refractivity contribution is 5.90. The van der Waals surface area contributed by atoms with Gasteiger partial charge >= 0.3 is 0 Å². The molecule has 4 aliphatic rings. The van der Waals surface area contributed by atoms with E-state index in [0.717, 1.165) is 61.6 Å². The predicted octanol–water partition coefficient (Wildman–Crippen LogP) is 2.87. The van der Waals surface area contributed by atoms with Crippen LogP contribution in [0.25, 0.3) is 6.08 Å². The molecule has 5 rings (SSSR count). The molecular formula is C22H30N2O3. The Kier molecular flexibility index (Phi) is 5.35. The van der Waals surface area contributed by atoms with Crippen LogP contribution in [0.3, 0.4) is 0 Å². The first-order valence-corrected chi connectivity index (χ1v) is 10.2. The smallest absolute Gasteiger partial charge is 0.267 e. The van der Waals surface area contributed by atoms with E-state index in [0.29, 0.717) is 0 Å². The molecule has 0 saturated heterocycles. The lowest BCUT2D eigenvalue weighted by Gasteiger charge is -2.58. The van der Waals surface area contributed by atoms with Gasteiger partial charge in [0.15, 0.2) is 0 Å². The maximum absolute atomic E-state index is 11.0. The van der Waals surface area contributed by atoms with Crippen molar-refractivity contribution in [1.29, 1.82) is 0 Å². The number of aliphatic hydroxyl groups is 1. The molecular weight excluding hydrogens is 340 g/mol. The van der Waals surface area contributed by atoms with E-state index in [1.54, 1.807) is 11.6 Å². The van der Waals surface area contributed by atoms with Crippen LogP contribution in [0, 0.1) is 23.7 Å². The third-order valence-corrected chi connectivity index (χ3v) is 6.94. The summed E-state index contributed by atoms with van der Waals surface area (Å²) in [6.07, 6.45) is 10.00. The van der Waals surface area contributed by atoms with Crippen molar-refractivity contribution in [3.63, 3.8) is 0 Å². The monoisotopic (exact) mass is 370 g/mol. The number of nitrogens with one attached hydrogen (secondary N) is 2. The number of rotatable bonds is 7. The lowest BCUT2D eigenvalue weighted by Crippen LogP contribution is -2.54. The summed E-state index contributed by atoms with van der Waals surface area (Å²) in [7, 11) is 0. The minimum Gasteiger partial charge on any atom is -0.390 e. The molecule has 0 spiro atoms. The summed E-state index contributed by atoms with van der Waals surface area (Å²) in [5.74, 6) is 2.53. The third-order valence-electron chi connectivity index (χ3n) is 6.94. The minimum absolute atomic E-state index is 0.325. The van der Waals surface area contributed by atoms with Crippen molar-refractivity contribution in [2.75, 3.05) is 6.54 Å². The van der Waals surface area contributed by atoms with Gasteiger partial charge in [-0.25, -0.2) is 5.48 Å². The highest BCUT2D eigenvalue weighted by Crippen LogP contribution is 2.58. The second-order valence-electron chi connectivity index (χ2n) is 8.87. The number of hydrogen-bond acceptors (Lipinski definition) is 4. The predicted molar refractivity (Wildman–Crippen MR) is 104 cm³/mol. The van der Waals surface area contributed by atoms with E-state index in [-0.39, 0.29) is 5.60 Å². The normalized spacial score (nSPS) is 34.3. The van der Waals surface area contributed by atoms with Crippen molar-refractivity contribution in [3.05, 3.63) is 41.5 Å². The van der Waals surface area contributed by atoms with E-state index in [1.165, 1.54) is 30.9 Å². The molecule has 1 aromatic rings. The van der Waals surface area contributed by atoms with Crippen molar-refractivity contribution < 1.29 is 15.1 Å². The van der Waals surface area contributed by atoms with Crippen LogP contribution < -0.4 is 10.8 Å².